The first-order valence-corrected chi connectivity index (χ1v) is 7.85. The molecule has 1 atom stereocenters. The van der Waals surface area contributed by atoms with Crippen LogP contribution in [0, 0.1) is 0 Å². The van der Waals surface area contributed by atoms with Crippen molar-refractivity contribution in [1.29, 1.82) is 0 Å². The highest BCUT2D eigenvalue weighted by Gasteiger charge is 2.23. The van der Waals surface area contributed by atoms with Crippen molar-refractivity contribution in [2.75, 3.05) is 17.1 Å². The zero-order valence-corrected chi connectivity index (χ0v) is 11.6. The molecule has 1 heterocycles. The summed E-state index contributed by atoms with van der Waals surface area (Å²) in [5.41, 5.74) is 6.36. The van der Waals surface area contributed by atoms with Crippen molar-refractivity contribution >= 4 is 21.5 Å². The third kappa shape index (κ3) is 3.84. The second kappa shape index (κ2) is 6.10. The Bertz CT molecular complexity index is 577. The van der Waals surface area contributed by atoms with Crippen LogP contribution in [0.1, 0.15) is 18.4 Å². The monoisotopic (exact) mass is 299 g/mol. The van der Waals surface area contributed by atoms with E-state index in [4.69, 9.17) is 15.7 Å². The van der Waals surface area contributed by atoms with E-state index in [-0.39, 0.29) is 17.7 Å². The van der Waals surface area contributed by atoms with Crippen LogP contribution in [0.3, 0.4) is 0 Å². The average Bonchev–Trinajstić information content (AvgIpc) is 2.90. The van der Waals surface area contributed by atoms with Gasteiger partial charge in [0, 0.05) is 17.9 Å². The summed E-state index contributed by atoms with van der Waals surface area (Å²) in [6.07, 6.45) is 1.43. The molecule has 1 unspecified atom stereocenters. The summed E-state index contributed by atoms with van der Waals surface area (Å²) in [6.45, 7) is 0.620. The molecular weight excluding hydrogens is 282 g/mol. The van der Waals surface area contributed by atoms with Crippen LogP contribution in [-0.2, 0) is 14.8 Å². The quantitative estimate of drug-likeness (QED) is 0.320. The fourth-order valence-corrected chi connectivity index (χ4v) is 3.34. The van der Waals surface area contributed by atoms with Crippen molar-refractivity contribution in [3.63, 3.8) is 0 Å². The van der Waals surface area contributed by atoms with Gasteiger partial charge < -0.3 is 15.7 Å². The van der Waals surface area contributed by atoms with Crippen LogP contribution >= 0.6 is 0 Å². The molecule has 2 rings (SSSR count). The standard InChI is InChI=1S/C12H17N3O4S/c13-12(14-16)9-3-5-10(6-4-9)15-20(17,18)8-11-2-1-7-19-11/h3-6,11,15-16H,1-2,7-8H2,(H2,13,14). The van der Waals surface area contributed by atoms with Gasteiger partial charge in [-0.2, -0.15) is 0 Å². The smallest absolute Gasteiger partial charge is 0.235 e. The molecule has 20 heavy (non-hydrogen) atoms. The molecule has 7 nitrogen and oxygen atoms in total. The molecule has 0 saturated carbocycles. The molecule has 1 aliphatic rings. The molecule has 0 bridgehead atoms. The van der Waals surface area contributed by atoms with E-state index in [2.05, 4.69) is 9.88 Å². The Balaban J connectivity index is 2.01. The molecule has 1 saturated heterocycles. The van der Waals surface area contributed by atoms with E-state index in [0.717, 1.165) is 12.8 Å². The molecule has 0 aliphatic carbocycles. The predicted octanol–water partition coefficient (Wildman–Crippen LogP) is 0.702. The van der Waals surface area contributed by atoms with Crippen LogP contribution in [0.25, 0.3) is 0 Å². The van der Waals surface area contributed by atoms with Crippen molar-refractivity contribution in [2.45, 2.75) is 18.9 Å². The second-order valence-electron chi connectivity index (χ2n) is 4.58. The van der Waals surface area contributed by atoms with Gasteiger partial charge in [-0.15, -0.1) is 0 Å². The van der Waals surface area contributed by atoms with Gasteiger partial charge in [-0.05, 0) is 37.1 Å². The fraction of sp³-hybridized carbons (Fsp3) is 0.417. The number of oxime groups is 1. The Hall–Kier alpha value is -1.80. The van der Waals surface area contributed by atoms with Gasteiger partial charge in [-0.3, -0.25) is 4.72 Å². The summed E-state index contributed by atoms with van der Waals surface area (Å²) < 4.78 is 31.7. The van der Waals surface area contributed by atoms with Gasteiger partial charge in [0.1, 0.15) is 0 Å². The molecule has 1 aliphatic heterocycles. The van der Waals surface area contributed by atoms with Crippen molar-refractivity contribution in [1.82, 2.24) is 0 Å². The van der Waals surface area contributed by atoms with E-state index < -0.39 is 10.0 Å². The van der Waals surface area contributed by atoms with Crippen molar-refractivity contribution in [3.05, 3.63) is 29.8 Å². The largest absolute Gasteiger partial charge is 0.409 e. The topological polar surface area (TPSA) is 114 Å². The SMILES string of the molecule is NC(=NO)c1ccc(NS(=O)(=O)CC2CCCO2)cc1. The summed E-state index contributed by atoms with van der Waals surface area (Å²) in [5, 5.41) is 11.4. The van der Waals surface area contributed by atoms with Gasteiger partial charge >= 0.3 is 0 Å². The van der Waals surface area contributed by atoms with Crippen LogP contribution in [-0.4, -0.2) is 37.9 Å². The zero-order valence-electron chi connectivity index (χ0n) is 10.8. The Labute approximate surface area is 117 Å². The summed E-state index contributed by atoms with van der Waals surface area (Å²) >= 11 is 0. The third-order valence-corrected chi connectivity index (χ3v) is 4.35. The molecular formula is C12H17N3O4S. The minimum Gasteiger partial charge on any atom is -0.409 e. The number of ether oxygens (including phenoxy) is 1. The number of amidine groups is 1. The minimum absolute atomic E-state index is 0.0289. The lowest BCUT2D eigenvalue weighted by molar-refractivity contribution is 0.127. The Morgan fingerprint density at radius 3 is 2.70 bits per heavy atom. The van der Waals surface area contributed by atoms with E-state index in [1.165, 1.54) is 0 Å². The fourth-order valence-electron chi connectivity index (χ4n) is 2.01. The molecule has 1 fully saturated rings. The zero-order chi connectivity index (χ0) is 14.6. The normalized spacial score (nSPS) is 20.0. The number of nitrogens with one attached hydrogen (secondary N) is 1. The molecule has 0 radical (unpaired) electrons. The van der Waals surface area contributed by atoms with Crippen LogP contribution in [0.4, 0.5) is 5.69 Å². The highest BCUT2D eigenvalue weighted by Crippen LogP contribution is 2.16. The highest BCUT2D eigenvalue weighted by molar-refractivity contribution is 7.92. The third-order valence-electron chi connectivity index (χ3n) is 2.99. The maximum absolute atomic E-state index is 12.0. The Kier molecular flexibility index (Phi) is 4.46. The number of sulfonamides is 1. The first-order chi connectivity index (χ1) is 9.50. The number of hydrogen-bond acceptors (Lipinski definition) is 5. The van der Waals surface area contributed by atoms with Gasteiger partial charge in [0.15, 0.2) is 5.84 Å². The first kappa shape index (κ1) is 14.6. The average molecular weight is 299 g/mol. The van der Waals surface area contributed by atoms with Crippen LogP contribution < -0.4 is 10.5 Å². The van der Waals surface area contributed by atoms with E-state index in [1.54, 1.807) is 24.3 Å². The second-order valence-corrected chi connectivity index (χ2v) is 6.35. The minimum atomic E-state index is -3.44. The molecule has 0 amide bonds. The number of rotatable bonds is 5. The Morgan fingerprint density at radius 1 is 1.45 bits per heavy atom. The molecule has 0 aromatic heterocycles. The molecule has 110 valence electrons. The van der Waals surface area contributed by atoms with Gasteiger partial charge in [0.2, 0.25) is 10.0 Å². The molecule has 0 spiro atoms. The molecule has 1 aromatic rings. The highest BCUT2D eigenvalue weighted by atomic mass is 32.2. The Morgan fingerprint density at radius 2 is 2.15 bits per heavy atom. The number of anilines is 1. The van der Waals surface area contributed by atoms with Crippen LogP contribution in [0.5, 0.6) is 0 Å². The maximum atomic E-state index is 12.0. The number of benzene rings is 1. The summed E-state index contributed by atoms with van der Waals surface area (Å²) in [5.74, 6) is -0.0756. The van der Waals surface area contributed by atoms with Gasteiger partial charge in [-0.1, -0.05) is 5.16 Å². The van der Waals surface area contributed by atoms with Gasteiger partial charge in [0.25, 0.3) is 0 Å². The summed E-state index contributed by atoms with van der Waals surface area (Å²) in [7, 11) is -3.44. The van der Waals surface area contributed by atoms with E-state index in [1.807, 2.05) is 0 Å². The van der Waals surface area contributed by atoms with Crippen LogP contribution in [0.15, 0.2) is 29.4 Å². The number of hydrogen-bond donors (Lipinski definition) is 3. The van der Waals surface area contributed by atoms with Gasteiger partial charge in [-0.25, -0.2) is 8.42 Å². The summed E-state index contributed by atoms with van der Waals surface area (Å²) in [4.78, 5) is 0. The molecule has 4 N–H and O–H groups in total. The number of nitrogens with zero attached hydrogens (tertiary/aromatic N) is 1. The van der Waals surface area contributed by atoms with E-state index in [0.29, 0.717) is 17.9 Å². The van der Waals surface area contributed by atoms with Crippen molar-refractivity contribution in [3.8, 4) is 0 Å². The van der Waals surface area contributed by atoms with Crippen LogP contribution in [0.2, 0.25) is 0 Å². The first-order valence-electron chi connectivity index (χ1n) is 6.20. The van der Waals surface area contributed by atoms with Crippen molar-refractivity contribution in [2.24, 2.45) is 10.9 Å². The van der Waals surface area contributed by atoms with E-state index >= 15 is 0 Å². The molecule has 1 aromatic carbocycles. The maximum Gasteiger partial charge on any atom is 0.235 e. The number of nitrogens with two attached hydrogens (primary N) is 1. The lowest BCUT2D eigenvalue weighted by Gasteiger charge is -2.12. The lowest BCUT2D eigenvalue weighted by atomic mass is 10.2. The summed E-state index contributed by atoms with van der Waals surface area (Å²) in [6, 6.07) is 6.25. The molecule has 8 heteroatoms. The van der Waals surface area contributed by atoms with Gasteiger partial charge in [0.05, 0.1) is 11.9 Å². The van der Waals surface area contributed by atoms with E-state index in [9.17, 15) is 8.42 Å². The predicted molar refractivity (Wildman–Crippen MR) is 75.3 cm³/mol. The lowest BCUT2D eigenvalue weighted by Crippen LogP contribution is -2.25. The van der Waals surface area contributed by atoms with Crippen molar-refractivity contribution < 1.29 is 18.4 Å².